The van der Waals surface area contributed by atoms with Crippen LogP contribution in [0.1, 0.15) is 19.4 Å². The highest BCUT2D eigenvalue weighted by Gasteiger charge is 2.06. The monoisotopic (exact) mass is 388 g/mol. The first-order valence-electron chi connectivity index (χ1n) is 9.47. The van der Waals surface area contributed by atoms with Crippen LogP contribution in [0.25, 0.3) is 0 Å². The van der Waals surface area contributed by atoms with Crippen LogP contribution in [0.15, 0.2) is 83.9 Å². The molecule has 0 fully saturated rings. The Morgan fingerprint density at radius 2 is 1.59 bits per heavy atom. The highest BCUT2D eigenvalue weighted by Crippen LogP contribution is 2.20. The molecule has 5 nitrogen and oxygen atoms in total. The van der Waals surface area contributed by atoms with E-state index in [9.17, 15) is 4.79 Å². The molecule has 0 aliphatic carbocycles. The van der Waals surface area contributed by atoms with Crippen molar-refractivity contribution in [3.63, 3.8) is 0 Å². The number of hydrogen-bond acceptors (Lipinski definition) is 5. The summed E-state index contributed by atoms with van der Waals surface area (Å²) in [6, 6.07) is 25.3. The molecule has 0 heterocycles. The second-order valence-electron chi connectivity index (χ2n) is 6.69. The van der Waals surface area contributed by atoms with Crippen molar-refractivity contribution in [3.05, 3.63) is 84.4 Å². The van der Waals surface area contributed by atoms with Crippen molar-refractivity contribution in [2.75, 3.05) is 11.9 Å². The van der Waals surface area contributed by atoms with E-state index in [4.69, 9.17) is 9.47 Å². The number of esters is 1. The van der Waals surface area contributed by atoms with Gasteiger partial charge in [-0.15, -0.1) is 0 Å². The number of nitrogens with one attached hydrogen (secondary N) is 1. The number of aliphatic imine (C=N–C) groups is 1. The molecule has 3 aromatic rings. The van der Waals surface area contributed by atoms with Crippen LogP contribution in [0.5, 0.6) is 5.75 Å². The highest BCUT2D eigenvalue weighted by atomic mass is 16.6. The summed E-state index contributed by atoms with van der Waals surface area (Å²) in [5.41, 5.74) is 3.85. The van der Waals surface area contributed by atoms with Crippen LogP contribution in [0.2, 0.25) is 0 Å². The maximum absolute atomic E-state index is 11.5. The molecule has 3 rings (SSSR count). The van der Waals surface area contributed by atoms with Crippen molar-refractivity contribution in [2.45, 2.75) is 20.0 Å². The van der Waals surface area contributed by atoms with Gasteiger partial charge in [-0.3, -0.25) is 4.99 Å². The van der Waals surface area contributed by atoms with E-state index < -0.39 is 0 Å². The molecule has 29 heavy (non-hydrogen) atoms. The first kappa shape index (κ1) is 20.1. The van der Waals surface area contributed by atoms with Gasteiger partial charge >= 0.3 is 5.97 Å². The van der Waals surface area contributed by atoms with Gasteiger partial charge in [-0.1, -0.05) is 18.2 Å². The van der Waals surface area contributed by atoms with Crippen LogP contribution in [0.4, 0.5) is 17.1 Å². The molecule has 0 aromatic heterocycles. The van der Waals surface area contributed by atoms with Gasteiger partial charge in [-0.2, -0.15) is 0 Å². The number of para-hydroxylation sites is 1. The Bertz CT molecular complexity index is 934. The lowest BCUT2D eigenvalue weighted by Crippen LogP contribution is -2.18. The van der Waals surface area contributed by atoms with Gasteiger partial charge in [-0.25, -0.2) is 4.79 Å². The second kappa shape index (κ2) is 10.1. The minimum atomic E-state index is -0.379. The molecule has 148 valence electrons. The second-order valence-corrected chi connectivity index (χ2v) is 6.69. The Morgan fingerprint density at radius 1 is 0.931 bits per heavy atom. The van der Waals surface area contributed by atoms with Gasteiger partial charge in [0, 0.05) is 17.6 Å². The first-order valence-corrected chi connectivity index (χ1v) is 9.47. The van der Waals surface area contributed by atoms with E-state index in [1.54, 1.807) is 32.2 Å². The Hall–Kier alpha value is -3.60. The lowest BCUT2D eigenvalue weighted by atomic mass is 10.2. The molecule has 0 spiro atoms. The summed E-state index contributed by atoms with van der Waals surface area (Å²) in [6.07, 6.45) is 1.64. The summed E-state index contributed by atoms with van der Waals surface area (Å²) >= 11 is 0. The number of anilines is 2. The SMILES string of the molecule is CC(C)OC(=O)COc1ccc(C=Nc2ccc(Nc3ccccc3)cc2)cc1. The fourth-order valence-electron chi connectivity index (χ4n) is 2.56. The predicted molar refractivity (Wildman–Crippen MR) is 117 cm³/mol. The van der Waals surface area contributed by atoms with E-state index in [-0.39, 0.29) is 18.7 Å². The van der Waals surface area contributed by atoms with Gasteiger partial charge in [-0.05, 0) is 80.1 Å². The lowest BCUT2D eigenvalue weighted by Gasteiger charge is -2.09. The van der Waals surface area contributed by atoms with Crippen molar-refractivity contribution in [2.24, 2.45) is 4.99 Å². The fraction of sp³-hybridized carbons (Fsp3) is 0.167. The minimum absolute atomic E-state index is 0.102. The summed E-state index contributed by atoms with van der Waals surface area (Å²) in [5.74, 6) is 0.232. The van der Waals surface area contributed by atoms with Crippen molar-refractivity contribution in [3.8, 4) is 5.75 Å². The van der Waals surface area contributed by atoms with Crippen LogP contribution >= 0.6 is 0 Å². The quantitative estimate of drug-likeness (QED) is 0.408. The Kier molecular flexibility index (Phi) is 7.00. The van der Waals surface area contributed by atoms with E-state index in [1.165, 1.54) is 0 Å². The molecule has 3 aromatic carbocycles. The zero-order valence-corrected chi connectivity index (χ0v) is 16.5. The van der Waals surface area contributed by atoms with E-state index in [0.29, 0.717) is 5.75 Å². The number of benzene rings is 3. The Balaban J connectivity index is 1.52. The summed E-state index contributed by atoms with van der Waals surface area (Å²) in [5, 5.41) is 3.34. The van der Waals surface area contributed by atoms with Gasteiger partial charge in [0.15, 0.2) is 6.61 Å². The van der Waals surface area contributed by atoms with Crippen LogP contribution in [-0.4, -0.2) is 24.9 Å². The Morgan fingerprint density at radius 3 is 2.24 bits per heavy atom. The average molecular weight is 388 g/mol. The number of carbonyl (C=O) groups is 1. The third-order valence-corrected chi connectivity index (χ3v) is 3.90. The molecule has 0 amide bonds. The predicted octanol–water partition coefficient (Wildman–Crippen LogP) is 5.51. The standard InChI is InChI=1S/C24H24N2O3/c1-18(2)29-24(27)17-28-23-14-8-19(9-15-23)16-25-20-10-12-22(13-11-20)26-21-6-4-3-5-7-21/h3-16,18,26H,17H2,1-2H3. The van der Waals surface area contributed by atoms with Gasteiger partial charge in [0.25, 0.3) is 0 Å². The number of ether oxygens (including phenoxy) is 2. The third-order valence-electron chi connectivity index (χ3n) is 3.90. The first-order chi connectivity index (χ1) is 14.1. The molecule has 0 saturated heterocycles. The molecule has 0 aliphatic rings. The van der Waals surface area contributed by atoms with Crippen molar-refractivity contribution in [1.29, 1.82) is 0 Å². The zero-order chi connectivity index (χ0) is 20.5. The zero-order valence-electron chi connectivity index (χ0n) is 16.5. The van der Waals surface area contributed by atoms with Crippen LogP contribution in [0.3, 0.4) is 0 Å². The molecule has 5 heteroatoms. The molecular weight excluding hydrogens is 364 g/mol. The smallest absolute Gasteiger partial charge is 0.344 e. The maximum Gasteiger partial charge on any atom is 0.344 e. The average Bonchev–Trinajstić information content (AvgIpc) is 2.73. The highest BCUT2D eigenvalue weighted by molar-refractivity contribution is 5.82. The molecular formula is C24H24N2O3. The van der Waals surface area contributed by atoms with Gasteiger partial charge < -0.3 is 14.8 Å². The van der Waals surface area contributed by atoms with E-state index in [1.807, 2.05) is 66.7 Å². The summed E-state index contributed by atoms with van der Waals surface area (Å²) in [4.78, 5) is 16.0. The molecule has 0 bridgehead atoms. The molecule has 0 saturated carbocycles. The molecule has 0 atom stereocenters. The molecule has 0 unspecified atom stereocenters. The van der Waals surface area contributed by atoms with E-state index in [0.717, 1.165) is 22.6 Å². The van der Waals surface area contributed by atoms with Crippen LogP contribution in [0, 0.1) is 0 Å². The summed E-state index contributed by atoms with van der Waals surface area (Å²) in [7, 11) is 0. The van der Waals surface area contributed by atoms with Crippen molar-refractivity contribution >= 4 is 29.2 Å². The Labute approximate surface area is 171 Å². The minimum Gasteiger partial charge on any atom is -0.482 e. The maximum atomic E-state index is 11.5. The largest absolute Gasteiger partial charge is 0.482 e. The van der Waals surface area contributed by atoms with E-state index in [2.05, 4.69) is 10.3 Å². The van der Waals surface area contributed by atoms with E-state index >= 15 is 0 Å². The van der Waals surface area contributed by atoms with Gasteiger partial charge in [0.2, 0.25) is 0 Å². The lowest BCUT2D eigenvalue weighted by molar-refractivity contribution is -0.149. The van der Waals surface area contributed by atoms with Crippen LogP contribution < -0.4 is 10.1 Å². The van der Waals surface area contributed by atoms with Gasteiger partial charge in [0.1, 0.15) is 5.75 Å². The number of hydrogen-bond donors (Lipinski definition) is 1. The molecule has 0 aliphatic heterocycles. The van der Waals surface area contributed by atoms with Crippen molar-refractivity contribution < 1.29 is 14.3 Å². The molecule has 1 N–H and O–H groups in total. The number of nitrogens with zero attached hydrogens (tertiary/aromatic N) is 1. The molecule has 0 radical (unpaired) electrons. The van der Waals surface area contributed by atoms with Gasteiger partial charge in [0.05, 0.1) is 11.8 Å². The fourth-order valence-corrected chi connectivity index (χ4v) is 2.56. The van der Waals surface area contributed by atoms with Crippen LogP contribution in [-0.2, 0) is 9.53 Å². The topological polar surface area (TPSA) is 59.9 Å². The van der Waals surface area contributed by atoms with Crippen molar-refractivity contribution in [1.82, 2.24) is 0 Å². The third kappa shape index (κ3) is 6.81. The number of rotatable bonds is 8. The summed E-state index contributed by atoms with van der Waals surface area (Å²) in [6.45, 7) is 3.51. The normalized spacial score (nSPS) is 10.9. The summed E-state index contributed by atoms with van der Waals surface area (Å²) < 4.78 is 10.5. The number of carbonyl (C=O) groups excluding carboxylic acids is 1.